The lowest BCUT2D eigenvalue weighted by Gasteiger charge is -2.19. The number of pyridine rings is 1. The first kappa shape index (κ1) is 26.2. The number of ether oxygens (including phenoxy) is 1. The Morgan fingerprint density at radius 1 is 1.08 bits per heavy atom. The molecule has 0 atom stereocenters. The van der Waals surface area contributed by atoms with Crippen LogP contribution in [0, 0.1) is 12.7 Å². The van der Waals surface area contributed by atoms with Crippen molar-refractivity contribution >= 4 is 28.6 Å². The second-order valence-electron chi connectivity index (χ2n) is 8.33. The van der Waals surface area contributed by atoms with Gasteiger partial charge in [-0.1, -0.05) is 13.5 Å². The molecule has 0 amide bonds. The molecule has 0 aliphatic heterocycles. The Labute approximate surface area is 208 Å². The summed E-state index contributed by atoms with van der Waals surface area (Å²) in [6.07, 6.45) is 0. The van der Waals surface area contributed by atoms with Crippen LogP contribution >= 0.6 is 0 Å². The summed E-state index contributed by atoms with van der Waals surface area (Å²) in [5, 5.41) is 19.1. The third-order valence-electron chi connectivity index (χ3n) is 5.49. The predicted octanol–water partition coefficient (Wildman–Crippen LogP) is 4.63. The molecule has 0 bridgehead atoms. The predicted molar refractivity (Wildman–Crippen MR) is 136 cm³/mol. The number of aromatic nitrogens is 2. The van der Waals surface area contributed by atoms with E-state index in [9.17, 15) is 19.1 Å². The monoisotopic (exact) mass is 493 g/mol. The van der Waals surface area contributed by atoms with Crippen LogP contribution in [-0.4, -0.2) is 52.2 Å². The summed E-state index contributed by atoms with van der Waals surface area (Å²) in [4.78, 5) is 31.0. The number of anilines is 1. The highest BCUT2D eigenvalue weighted by atomic mass is 19.1. The van der Waals surface area contributed by atoms with Crippen molar-refractivity contribution in [1.82, 2.24) is 9.55 Å². The van der Waals surface area contributed by atoms with E-state index in [1.54, 1.807) is 18.2 Å². The van der Waals surface area contributed by atoms with Crippen LogP contribution in [0.3, 0.4) is 0 Å². The summed E-state index contributed by atoms with van der Waals surface area (Å²) in [6.45, 7) is 1.41. The van der Waals surface area contributed by atoms with Crippen LogP contribution in [0.5, 0.6) is 11.5 Å². The zero-order valence-electron chi connectivity index (χ0n) is 19.4. The molecule has 0 aliphatic carbocycles. The minimum atomic E-state index is -1.21. The zero-order chi connectivity index (χ0) is 25.3. The van der Waals surface area contributed by atoms with E-state index in [4.69, 9.17) is 9.84 Å². The Bertz CT molecular complexity index is 1430. The van der Waals surface area contributed by atoms with Gasteiger partial charge in [0.2, 0.25) is 0 Å². The number of benzene rings is 2. The van der Waals surface area contributed by atoms with Crippen molar-refractivity contribution in [1.29, 1.82) is 0 Å². The van der Waals surface area contributed by atoms with Gasteiger partial charge in [-0.3, -0.25) is 4.79 Å². The Hall–Kier alpha value is -4.40. The maximum Gasteiger partial charge on any atom is 0.341 e. The van der Waals surface area contributed by atoms with Gasteiger partial charge in [-0.2, -0.15) is 0 Å². The fourth-order valence-electron chi connectivity index (χ4n) is 3.97. The second kappa shape index (κ2) is 10.5. The summed E-state index contributed by atoms with van der Waals surface area (Å²) in [5.74, 6) is -1.61. The molecule has 36 heavy (non-hydrogen) atoms. The molecule has 0 unspecified atom stereocenters. The summed E-state index contributed by atoms with van der Waals surface area (Å²) < 4.78 is 21.1. The third kappa shape index (κ3) is 5.14. The maximum absolute atomic E-state index is 14.2. The van der Waals surface area contributed by atoms with Crippen LogP contribution in [0.25, 0.3) is 11.0 Å². The van der Waals surface area contributed by atoms with E-state index in [0.717, 1.165) is 5.69 Å². The topological polar surface area (TPSA) is 105 Å². The summed E-state index contributed by atoms with van der Waals surface area (Å²) in [6, 6.07) is 14.0. The number of phenols is 1. The van der Waals surface area contributed by atoms with Gasteiger partial charge in [0, 0.05) is 30.7 Å². The molecule has 0 aliphatic rings. The summed E-state index contributed by atoms with van der Waals surface area (Å²) in [7, 11) is 3.63. The summed E-state index contributed by atoms with van der Waals surface area (Å²) >= 11 is 0. The molecular formula is C27H28FN3O5. The Morgan fingerprint density at radius 2 is 1.78 bits per heavy atom. The molecule has 9 heteroatoms. The lowest BCUT2D eigenvalue weighted by atomic mass is 10.0. The summed E-state index contributed by atoms with van der Waals surface area (Å²) in [5.41, 5.74) is 2.84. The minimum absolute atomic E-state index is 0. The molecule has 4 rings (SSSR count). The molecule has 188 valence electrons. The molecular weight excluding hydrogens is 465 g/mol. The average Bonchev–Trinajstić information content (AvgIpc) is 3.12. The van der Waals surface area contributed by atoms with Crippen LogP contribution < -0.4 is 9.64 Å². The van der Waals surface area contributed by atoms with Crippen molar-refractivity contribution in [3.05, 3.63) is 82.8 Å². The van der Waals surface area contributed by atoms with Crippen molar-refractivity contribution in [3.8, 4) is 11.5 Å². The number of aryl methyl sites for hydroxylation is 1. The molecule has 0 spiro atoms. The molecule has 0 fully saturated rings. The largest absolute Gasteiger partial charge is 0.508 e. The number of aromatic hydroxyl groups is 1. The number of carboxylic acid groups (broad SMARTS) is 1. The number of carbonyl (C=O) groups excluding carboxylic acids is 1. The fourth-order valence-corrected chi connectivity index (χ4v) is 3.97. The number of phenolic OH excluding ortho intramolecular Hbond substituents is 1. The van der Waals surface area contributed by atoms with Crippen LogP contribution in [0.4, 0.5) is 10.2 Å². The van der Waals surface area contributed by atoms with Crippen molar-refractivity contribution < 1.29 is 28.9 Å². The first-order valence-electron chi connectivity index (χ1n) is 10.8. The van der Waals surface area contributed by atoms with Gasteiger partial charge >= 0.3 is 5.97 Å². The quantitative estimate of drug-likeness (QED) is 0.345. The minimum Gasteiger partial charge on any atom is -0.508 e. The highest BCUT2D eigenvalue weighted by Gasteiger charge is 2.26. The van der Waals surface area contributed by atoms with Crippen LogP contribution in [0.2, 0.25) is 0 Å². The zero-order valence-corrected chi connectivity index (χ0v) is 19.4. The second-order valence-corrected chi connectivity index (χ2v) is 8.33. The standard InChI is InChI=1S/C26H24FN3O5.CH4/c1-15-4-10-19-23(24(34)17-6-8-18(31)9-7-17)26(29(2)3)30(25(19)28-15)13-16-5-11-20(27)21(12-16)35-14-22(32)33;/h4-12,31H,13-14H2,1-3H3,(H,32,33);1H4. The fraction of sp³-hybridized carbons (Fsp3) is 0.222. The molecule has 0 saturated carbocycles. The Kier molecular flexibility index (Phi) is 7.62. The van der Waals surface area contributed by atoms with E-state index in [2.05, 4.69) is 4.98 Å². The van der Waals surface area contributed by atoms with Crippen LogP contribution in [0.15, 0.2) is 54.6 Å². The van der Waals surface area contributed by atoms with Crippen LogP contribution in [0.1, 0.15) is 34.6 Å². The SMILES string of the molecule is C.Cc1ccc2c(C(=O)c3ccc(O)cc3)c(N(C)C)n(Cc3ccc(F)c(OCC(=O)O)c3)c2n1. The molecule has 2 aromatic carbocycles. The molecule has 2 heterocycles. The highest BCUT2D eigenvalue weighted by molar-refractivity contribution is 6.20. The van der Waals surface area contributed by atoms with Crippen molar-refractivity contribution in [2.75, 3.05) is 25.6 Å². The Balaban J connectivity index is 0.00000361. The number of carboxylic acids is 1. The van der Waals surface area contributed by atoms with Gasteiger partial charge in [0.05, 0.1) is 12.1 Å². The van der Waals surface area contributed by atoms with Crippen LogP contribution in [-0.2, 0) is 11.3 Å². The lowest BCUT2D eigenvalue weighted by molar-refractivity contribution is -0.139. The van der Waals surface area contributed by atoms with E-state index in [1.165, 1.54) is 24.3 Å². The van der Waals surface area contributed by atoms with Gasteiger partial charge in [-0.25, -0.2) is 14.2 Å². The van der Waals surface area contributed by atoms with E-state index in [1.807, 2.05) is 42.6 Å². The number of fused-ring (bicyclic) bond motifs is 1. The van der Waals surface area contributed by atoms with Gasteiger partial charge in [0.25, 0.3) is 0 Å². The van der Waals surface area contributed by atoms with Crippen molar-refractivity contribution in [3.63, 3.8) is 0 Å². The Morgan fingerprint density at radius 3 is 2.42 bits per heavy atom. The van der Waals surface area contributed by atoms with E-state index in [-0.39, 0.29) is 31.3 Å². The number of ketones is 1. The first-order valence-corrected chi connectivity index (χ1v) is 10.8. The molecule has 2 N–H and O–H groups in total. The number of rotatable bonds is 8. The number of nitrogens with zero attached hydrogens (tertiary/aromatic N) is 3. The number of carbonyl (C=O) groups is 2. The normalized spacial score (nSPS) is 10.7. The van der Waals surface area contributed by atoms with Gasteiger partial charge in [0.1, 0.15) is 17.2 Å². The molecule has 0 saturated heterocycles. The lowest BCUT2D eigenvalue weighted by Crippen LogP contribution is -2.18. The molecule has 2 aromatic heterocycles. The molecule has 4 aromatic rings. The van der Waals surface area contributed by atoms with E-state index < -0.39 is 18.4 Å². The van der Waals surface area contributed by atoms with Gasteiger partial charge in [-0.15, -0.1) is 0 Å². The van der Waals surface area contributed by atoms with Gasteiger partial charge < -0.3 is 24.4 Å². The maximum atomic E-state index is 14.2. The van der Waals surface area contributed by atoms with E-state index in [0.29, 0.717) is 33.5 Å². The number of hydrogen-bond acceptors (Lipinski definition) is 6. The number of aliphatic carboxylic acids is 1. The van der Waals surface area contributed by atoms with Crippen molar-refractivity contribution in [2.45, 2.75) is 20.9 Å². The number of halogens is 1. The number of hydrogen-bond donors (Lipinski definition) is 2. The molecule has 0 radical (unpaired) electrons. The van der Waals surface area contributed by atoms with Gasteiger partial charge in [-0.05, 0) is 61.0 Å². The smallest absolute Gasteiger partial charge is 0.341 e. The van der Waals surface area contributed by atoms with Gasteiger partial charge in [0.15, 0.2) is 24.0 Å². The average molecular weight is 494 g/mol. The highest BCUT2D eigenvalue weighted by Crippen LogP contribution is 2.34. The van der Waals surface area contributed by atoms with Crippen molar-refractivity contribution in [2.24, 2.45) is 0 Å². The molecule has 8 nitrogen and oxygen atoms in total. The van der Waals surface area contributed by atoms with E-state index >= 15 is 0 Å². The first-order chi connectivity index (χ1) is 16.7. The third-order valence-corrected chi connectivity index (χ3v) is 5.49.